The monoisotopic (exact) mass is 393 g/mol. The van der Waals surface area contributed by atoms with E-state index in [2.05, 4.69) is 30.0 Å². The summed E-state index contributed by atoms with van der Waals surface area (Å²) < 4.78 is 0. The summed E-state index contributed by atoms with van der Waals surface area (Å²) in [4.78, 5) is 27.9. The number of rotatable bonds is 10. The van der Waals surface area contributed by atoms with Crippen molar-refractivity contribution in [1.29, 1.82) is 0 Å². The van der Waals surface area contributed by atoms with E-state index >= 15 is 0 Å². The molecule has 4 N–H and O–H groups in total. The molecular weight excluding hydrogens is 366 g/mol. The Balaban J connectivity index is 2.74. The van der Waals surface area contributed by atoms with Gasteiger partial charge in [-0.2, -0.15) is 0 Å². The summed E-state index contributed by atoms with van der Waals surface area (Å²) in [7, 11) is 0. The average molecular weight is 393 g/mol. The number of hydrogen-bond acceptors (Lipinski definition) is 4. The molecule has 29 heavy (non-hydrogen) atoms. The van der Waals surface area contributed by atoms with Gasteiger partial charge in [0.15, 0.2) is 0 Å². The molecule has 6 nitrogen and oxygen atoms in total. The van der Waals surface area contributed by atoms with Crippen LogP contribution in [0.25, 0.3) is 5.57 Å². The van der Waals surface area contributed by atoms with Gasteiger partial charge in [-0.1, -0.05) is 56.5 Å². The Kier molecular flexibility index (Phi) is 9.05. The number of anilines is 1. The van der Waals surface area contributed by atoms with Gasteiger partial charge in [0, 0.05) is 5.92 Å². The quantitative estimate of drug-likeness (QED) is 0.411. The van der Waals surface area contributed by atoms with E-state index in [1.54, 1.807) is 43.5 Å². The third-order valence-corrected chi connectivity index (χ3v) is 4.03. The molecule has 0 saturated heterocycles. The molecule has 1 heterocycles. The van der Waals surface area contributed by atoms with Gasteiger partial charge in [-0.15, -0.1) is 0 Å². The van der Waals surface area contributed by atoms with E-state index in [-0.39, 0.29) is 17.2 Å². The highest BCUT2D eigenvalue weighted by molar-refractivity contribution is 5.89. The maximum absolute atomic E-state index is 12.5. The molecule has 0 aromatic carbocycles. The lowest BCUT2D eigenvalue weighted by Gasteiger charge is -2.14. The van der Waals surface area contributed by atoms with Crippen molar-refractivity contribution >= 4 is 23.1 Å². The van der Waals surface area contributed by atoms with Crippen LogP contribution < -0.4 is 11.1 Å². The lowest BCUT2D eigenvalue weighted by molar-refractivity contribution is -0.132. The number of carbonyl (C=O) groups is 2. The topological polar surface area (TPSA) is 105 Å². The number of nitrogens with zero attached hydrogens (tertiary/aromatic N) is 1. The molecule has 0 bridgehead atoms. The zero-order valence-corrected chi connectivity index (χ0v) is 16.8. The molecule has 0 aliphatic carbocycles. The Morgan fingerprint density at radius 1 is 1.28 bits per heavy atom. The van der Waals surface area contributed by atoms with E-state index in [1.165, 1.54) is 19.1 Å². The van der Waals surface area contributed by atoms with Crippen LogP contribution in [0.3, 0.4) is 0 Å². The zero-order valence-electron chi connectivity index (χ0n) is 16.8. The van der Waals surface area contributed by atoms with Crippen molar-refractivity contribution < 1.29 is 14.7 Å². The molecule has 0 aliphatic rings. The molecule has 1 aromatic rings. The van der Waals surface area contributed by atoms with Gasteiger partial charge in [0.25, 0.3) is 0 Å². The number of pyridine rings is 1. The molecule has 152 valence electrons. The van der Waals surface area contributed by atoms with Gasteiger partial charge >= 0.3 is 5.97 Å². The van der Waals surface area contributed by atoms with Crippen LogP contribution >= 0.6 is 0 Å². The first-order valence-corrected chi connectivity index (χ1v) is 8.96. The van der Waals surface area contributed by atoms with E-state index in [9.17, 15) is 9.59 Å². The summed E-state index contributed by atoms with van der Waals surface area (Å²) in [5.41, 5.74) is 8.57. The van der Waals surface area contributed by atoms with Gasteiger partial charge in [0.1, 0.15) is 0 Å². The third kappa shape index (κ3) is 7.84. The average Bonchev–Trinajstić information content (AvgIpc) is 2.68. The van der Waals surface area contributed by atoms with Crippen LogP contribution in [0.2, 0.25) is 0 Å². The molecule has 6 heteroatoms. The number of carboxylic acid groups (broad SMARTS) is 1. The summed E-state index contributed by atoms with van der Waals surface area (Å²) in [6.07, 6.45) is 10.1. The maximum atomic E-state index is 12.5. The van der Waals surface area contributed by atoms with Crippen LogP contribution in [-0.4, -0.2) is 22.0 Å². The highest BCUT2D eigenvalue weighted by Gasteiger charge is 2.16. The van der Waals surface area contributed by atoms with Crippen molar-refractivity contribution in [1.82, 2.24) is 10.3 Å². The first-order valence-electron chi connectivity index (χ1n) is 8.96. The third-order valence-electron chi connectivity index (χ3n) is 4.03. The van der Waals surface area contributed by atoms with Crippen LogP contribution in [0.5, 0.6) is 0 Å². The van der Waals surface area contributed by atoms with Crippen molar-refractivity contribution in [2.75, 3.05) is 5.73 Å². The summed E-state index contributed by atoms with van der Waals surface area (Å²) in [6.45, 7) is 14.6. The van der Waals surface area contributed by atoms with E-state index in [4.69, 9.17) is 10.8 Å². The number of nitrogens with one attached hydrogen (secondary N) is 1. The van der Waals surface area contributed by atoms with Crippen LogP contribution in [0.1, 0.15) is 26.0 Å². The molecule has 0 spiro atoms. The number of aromatic nitrogens is 1. The summed E-state index contributed by atoms with van der Waals surface area (Å²) >= 11 is 0. The second-order valence-electron chi connectivity index (χ2n) is 6.53. The Morgan fingerprint density at radius 3 is 2.52 bits per heavy atom. The van der Waals surface area contributed by atoms with Crippen molar-refractivity contribution in [3.8, 4) is 0 Å². The number of carbonyl (C=O) groups excluding carboxylic acids is 1. The van der Waals surface area contributed by atoms with E-state index < -0.39 is 11.9 Å². The minimum atomic E-state index is -1.11. The van der Waals surface area contributed by atoms with Crippen molar-refractivity contribution in [3.05, 3.63) is 91.0 Å². The summed E-state index contributed by atoms with van der Waals surface area (Å²) in [5, 5.41) is 11.8. The summed E-state index contributed by atoms with van der Waals surface area (Å²) in [5.74, 6) is -1.82. The molecule has 1 amide bonds. The molecule has 1 atom stereocenters. The zero-order chi connectivity index (χ0) is 22.0. The summed E-state index contributed by atoms with van der Waals surface area (Å²) in [6, 6.07) is 3.52. The predicted octanol–water partition coefficient (Wildman–Crippen LogP) is 4.03. The van der Waals surface area contributed by atoms with E-state index in [1.807, 2.05) is 0 Å². The van der Waals surface area contributed by atoms with Gasteiger partial charge in [-0.25, -0.2) is 4.79 Å². The molecule has 0 aliphatic heterocycles. The Labute approximate surface area is 171 Å². The first-order chi connectivity index (χ1) is 13.6. The van der Waals surface area contributed by atoms with Gasteiger partial charge in [-0.05, 0) is 37.1 Å². The number of aliphatic carboxylic acids is 1. The minimum Gasteiger partial charge on any atom is -0.478 e. The fourth-order valence-corrected chi connectivity index (χ4v) is 2.25. The van der Waals surface area contributed by atoms with Crippen LogP contribution in [0, 0.1) is 5.92 Å². The highest BCUT2D eigenvalue weighted by atomic mass is 16.4. The first kappa shape index (κ1) is 23.4. The second kappa shape index (κ2) is 11.2. The van der Waals surface area contributed by atoms with Crippen LogP contribution in [0.15, 0.2) is 85.3 Å². The SMILES string of the molecule is C=C/C=C\C(NC(=O)C(C)CC(=C)/C=C\C(=C)c1ccc(N)cn1)=C(/C)C(=O)O. The van der Waals surface area contributed by atoms with E-state index in [0.29, 0.717) is 23.4 Å². The predicted molar refractivity (Wildman–Crippen MR) is 118 cm³/mol. The van der Waals surface area contributed by atoms with Gasteiger partial charge in [0.05, 0.1) is 28.8 Å². The van der Waals surface area contributed by atoms with Gasteiger partial charge in [-0.3, -0.25) is 9.78 Å². The molecule has 0 saturated carbocycles. The number of nitrogen functional groups attached to an aromatic ring is 1. The van der Waals surface area contributed by atoms with Gasteiger partial charge < -0.3 is 16.2 Å². The normalized spacial score (nSPS) is 13.0. The molecule has 0 radical (unpaired) electrons. The van der Waals surface area contributed by atoms with Crippen molar-refractivity contribution in [2.24, 2.45) is 5.92 Å². The number of hydrogen-bond donors (Lipinski definition) is 3. The van der Waals surface area contributed by atoms with Crippen LogP contribution in [-0.2, 0) is 9.59 Å². The Morgan fingerprint density at radius 2 is 1.97 bits per heavy atom. The largest absolute Gasteiger partial charge is 0.478 e. The molecule has 1 rings (SSSR count). The Hall–Kier alpha value is -3.67. The van der Waals surface area contributed by atoms with E-state index in [0.717, 1.165) is 5.57 Å². The highest BCUT2D eigenvalue weighted by Crippen LogP contribution is 2.17. The lowest BCUT2D eigenvalue weighted by atomic mass is 10.00. The number of amides is 1. The van der Waals surface area contributed by atoms with Crippen molar-refractivity contribution in [2.45, 2.75) is 20.3 Å². The standard InChI is InChI=1S/C23H27N3O3/c1-6-7-8-21(18(5)23(28)29)26-22(27)17(4)13-15(2)9-10-16(3)20-12-11-19(24)14-25-20/h6-12,14,17H,1-3,13,24H2,4-5H3,(H,26,27)(H,28,29)/b8-7-,10-9-,21-18-. The molecule has 1 aromatic heterocycles. The Bertz CT molecular complexity index is 890. The lowest BCUT2D eigenvalue weighted by Crippen LogP contribution is -2.29. The number of nitrogens with two attached hydrogens (primary N) is 1. The van der Waals surface area contributed by atoms with Gasteiger partial charge in [0.2, 0.25) is 5.91 Å². The number of carboxylic acids is 1. The second-order valence-corrected chi connectivity index (χ2v) is 6.53. The minimum absolute atomic E-state index is 0.0367. The maximum Gasteiger partial charge on any atom is 0.333 e. The fraction of sp³-hybridized carbons (Fsp3) is 0.174. The molecule has 1 unspecified atom stereocenters. The molecule has 0 fully saturated rings. The fourth-order valence-electron chi connectivity index (χ4n) is 2.25. The molecular formula is C23H27N3O3. The van der Waals surface area contributed by atoms with Crippen molar-refractivity contribution in [3.63, 3.8) is 0 Å². The smallest absolute Gasteiger partial charge is 0.333 e. The number of allylic oxidation sites excluding steroid dienone is 7. The van der Waals surface area contributed by atoms with Crippen LogP contribution in [0.4, 0.5) is 5.69 Å².